The van der Waals surface area contributed by atoms with E-state index in [4.69, 9.17) is 9.15 Å². The molecule has 16 heavy (non-hydrogen) atoms. The van der Waals surface area contributed by atoms with Crippen molar-refractivity contribution in [1.29, 1.82) is 0 Å². The minimum Gasteiger partial charge on any atom is -0.490 e. The third kappa shape index (κ3) is 1.69. The Morgan fingerprint density at radius 1 is 1.31 bits per heavy atom. The number of hydrogen-bond donors (Lipinski definition) is 0. The van der Waals surface area contributed by atoms with Crippen LogP contribution in [-0.2, 0) is 0 Å². The maximum atomic E-state index is 11.4. The largest absolute Gasteiger partial charge is 0.490 e. The summed E-state index contributed by atoms with van der Waals surface area (Å²) in [4.78, 5) is 22.5. The summed E-state index contributed by atoms with van der Waals surface area (Å²) in [5.41, 5.74) is 0.356. The van der Waals surface area contributed by atoms with Crippen LogP contribution < -0.4 is 10.4 Å². The van der Waals surface area contributed by atoms with Crippen LogP contribution in [0.1, 0.15) is 17.3 Å². The van der Waals surface area contributed by atoms with Crippen LogP contribution in [0.3, 0.4) is 0 Å². The lowest BCUT2D eigenvalue weighted by Gasteiger charge is -2.01. The topological polar surface area (TPSA) is 56.5 Å². The molecule has 1 heterocycles. The van der Waals surface area contributed by atoms with Crippen molar-refractivity contribution in [2.45, 2.75) is 6.92 Å². The van der Waals surface area contributed by atoms with Gasteiger partial charge in [-0.3, -0.25) is 4.79 Å². The molecule has 0 aliphatic heterocycles. The Balaban J connectivity index is 2.72. The highest BCUT2D eigenvalue weighted by molar-refractivity contribution is 5.97. The van der Waals surface area contributed by atoms with Gasteiger partial charge in [-0.15, -0.1) is 0 Å². The van der Waals surface area contributed by atoms with Crippen molar-refractivity contribution < 1.29 is 13.9 Å². The summed E-state index contributed by atoms with van der Waals surface area (Å²) in [6.07, 6.45) is 0. The number of Topliss-reactive ketones (excluding diaryl/α,β-unsaturated/α-hetero) is 1. The Morgan fingerprint density at radius 2 is 2.06 bits per heavy atom. The number of fused-ring (bicyclic) bond motifs is 1. The van der Waals surface area contributed by atoms with E-state index in [0.717, 1.165) is 5.39 Å². The van der Waals surface area contributed by atoms with E-state index in [9.17, 15) is 9.59 Å². The van der Waals surface area contributed by atoms with E-state index < -0.39 is 5.63 Å². The summed E-state index contributed by atoms with van der Waals surface area (Å²) in [5.74, 6) is 0.0865. The second-order valence-electron chi connectivity index (χ2n) is 3.41. The molecule has 1 aromatic carbocycles. The number of benzene rings is 1. The molecular formula is C12H10O4. The standard InChI is InChI=1S/C12H10O4/c1-7(13)8-3-4-9-6-11(15-2)12(14)16-10(9)5-8/h3-6H,1-2H3. The van der Waals surface area contributed by atoms with Crippen LogP contribution in [0.5, 0.6) is 5.75 Å². The Bertz CT molecular complexity index is 610. The van der Waals surface area contributed by atoms with E-state index in [-0.39, 0.29) is 11.5 Å². The summed E-state index contributed by atoms with van der Waals surface area (Å²) in [6.45, 7) is 1.46. The van der Waals surface area contributed by atoms with Crippen molar-refractivity contribution in [1.82, 2.24) is 0 Å². The lowest BCUT2D eigenvalue weighted by molar-refractivity contribution is 0.101. The zero-order chi connectivity index (χ0) is 11.7. The third-order valence-electron chi connectivity index (χ3n) is 2.33. The van der Waals surface area contributed by atoms with E-state index in [1.807, 2.05) is 0 Å². The number of carbonyl (C=O) groups excluding carboxylic acids is 1. The molecular weight excluding hydrogens is 208 g/mol. The zero-order valence-corrected chi connectivity index (χ0v) is 8.94. The van der Waals surface area contributed by atoms with E-state index in [2.05, 4.69) is 0 Å². The molecule has 0 spiro atoms. The number of carbonyl (C=O) groups is 1. The van der Waals surface area contributed by atoms with E-state index >= 15 is 0 Å². The van der Waals surface area contributed by atoms with Crippen LogP contribution in [0, 0.1) is 0 Å². The molecule has 0 aliphatic carbocycles. The number of methoxy groups -OCH3 is 1. The number of ether oxygens (including phenoxy) is 1. The molecule has 1 aromatic heterocycles. The van der Waals surface area contributed by atoms with Crippen LogP contribution in [0.25, 0.3) is 11.0 Å². The predicted molar refractivity (Wildman–Crippen MR) is 59.0 cm³/mol. The molecule has 82 valence electrons. The average molecular weight is 218 g/mol. The maximum absolute atomic E-state index is 11.4. The number of ketones is 1. The first-order valence-electron chi connectivity index (χ1n) is 4.74. The summed E-state index contributed by atoms with van der Waals surface area (Å²) in [6, 6.07) is 6.55. The van der Waals surface area contributed by atoms with Gasteiger partial charge in [-0.05, 0) is 19.1 Å². The quantitative estimate of drug-likeness (QED) is 0.571. The molecule has 0 aliphatic rings. The van der Waals surface area contributed by atoms with Gasteiger partial charge in [-0.2, -0.15) is 0 Å². The highest BCUT2D eigenvalue weighted by atomic mass is 16.5. The van der Waals surface area contributed by atoms with Crippen LogP contribution in [0.4, 0.5) is 0 Å². The molecule has 0 fully saturated rings. The molecule has 4 heteroatoms. The smallest absolute Gasteiger partial charge is 0.379 e. The van der Waals surface area contributed by atoms with Crippen LogP contribution >= 0.6 is 0 Å². The van der Waals surface area contributed by atoms with Gasteiger partial charge in [0.2, 0.25) is 5.75 Å². The van der Waals surface area contributed by atoms with E-state index in [0.29, 0.717) is 11.1 Å². The van der Waals surface area contributed by atoms with Gasteiger partial charge in [0.05, 0.1) is 7.11 Å². The summed E-state index contributed by atoms with van der Waals surface area (Å²) >= 11 is 0. The average Bonchev–Trinajstić information content (AvgIpc) is 2.27. The Morgan fingerprint density at radius 3 is 2.69 bits per heavy atom. The lowest BCUT2D eigenvalue weighted by Crippen LogP contribution is -2.03. The fourth-order valence-electron chi connectivity index (χ4n) is 1.45. The van der Waals surface area contributed by atoms with Gasteiger partial charge in [0.1, 0.15) is 5.58 Å². The van der Waals surface area contributed by atoms with E-state index in [1.165, 1.54) is 14.0 Å². The first-order chi connectivity index (χ1) is 7.61. The van der Waals surface area contributed by atoms with Crippen LogP contribution in [0.2, 0.25) is 0 Å². The van der Waals surface area contributed by atoms with Crippen molar-refractivity contribution in [2.24, 2.45) is 0 Å². The molecule has 0 unspecified atom stereocenters. The third-order valence-corrected chi connectivity index (χ3v) is 2.33. The molecule has 0 N–H and O–H groups in total. The Labute approximate surface area is 91.4 Å². The SMILES string of the molecule is COc1cc2ccc(C(C)=O)cc2oc1=O. The lowest BCUT2D eigenvalue weighted by atomic mass is 10.1. The minimum atomic E-state index is -0.546. The van der Waals surface area contributed by atoms with Gasteiger partial charge in [0, 0.05) is 10.9 Å². The number of hydrogen-bond acceptors (Lipinski definition) is 4. The second kappa shape index (κ2) is 3.81. The fourth-order valence-corrected chi connectivity index (χ4v) is 1.45. The Hall–Kier alpha value is -2.10. The normalized spacial score (nSPS) is 10.4. The molecule has 0 atom stereocenters. The van der Waals surface area contributed by atoms with Gasteiger partial charge in [0.25, 0.3) is 0 Å². The van der Waals surface area contributed by atoms with E-state index in [1.54, 1.807) is 24.3 Å². The van der Waals surface area contributed by atoms with Crippen molar-refractivity contribution >= 4 is 16.8 Å². The minimum absolute atomic E-state index is 0.0691. The fraction of sp³-hybridized carbons (Fsp3) is 0.167. The highest BCUT2D eigenvalue weighted by Crippen LogP contribution is 2.18. The molecule has 2 rings (SSSR count). The molecule has 0 saturated carbocycles. The molecule has 0 bridgehead atoms. The van der Waals surface area contributed by atoms with Gasteiger partial charge >= 0.3 is 5.63 Å². The Kier molecular flexibility index (Phi) is 2.48. The van der Waals surface area contributed by atoms with Gasteiger partial charge < -0.3 is 9.15 Å². The van der Waals surface area contributed by atoms with Gasteiger partial charge in [-0.1, -0.05) is 12.1 Å². The monoisotopic (exact) mass is 218 g/mol. The molecule has 0 amide bonds. The molecule has 0 radical (unpaired) electrons. The summed E-state index contributed by atoms with van der Waals surface area (Å²) < 4.78 is 9.90. The summed E-state index contributed by atoms with van der Waals surface area (Å²) in [5, 5.41) is 0.724. The van der Waals surface area contributed by atoms with Crippen LogP contribution in [0.15, 0.2) is 33.5 Å². The zero-order valence-electron chi connectivity index (χ0n) is 8.94. The van der Waals surface area contributed by atoms with Gasteiger partial charge in [0.15, 0.2) is 5.78 Å². The molecule has 2 aromatic rings. The van der Waals surface area contributed by atoms with Crippen molar-refractivity contribution in [3.63, 3.8) is 0 Å². The van der Waals surface area contributed by atoms with Gasteiger partial charge in [-0.25, -0.2) is 4.79 Å². The first-order valence-corrected chi connectivity index (χ1v) is 4.74. The van der Waals surface area contributed by atoms with Crippen molar-refractivity contribution in [3.05, 3.63) is 40.2 Å². The van der Waals surface area contributed by atoms with Crippen molar-refractivity contribution in [2.75, 3.05) is 7.11 Å². The highest BCUT2D eigenvalue weighted by Gasteiger charge is 2.07. The van der Waals surface area contributed by atoms with Crippen LogP contribution in [-0.4, -0.2) is 12.9 Å². The molecule has 0 saturated heterocycles. The second-order valence-corrected chi connectivity index (χ2v) is 3.41. The predicted octanol–water partition coefficient (Wildman–Crippen LogP) is 2.00. The first kappa shape index (κ1) is 10.4. The maximum Gasteiger partial charge on any atom is 0.379 e. The number of rotatable bonds is 2. The summed E-state index contributed by atoms with van der Waals surface area (Å²) in [7, 11) is 1.40. The molecule has 4 nitrogen and oxygen atoms in total. The van der Waals surface area contributed by atoms with Crippen molar-refractivity contribution in [3.8, 4) is 5.75 Å².